The third-order valence-electron chi connectivity index (χ3n) is 3.10. The van der Waals surface area contributed by atoms with E-state index < -0.39 is 0 Å². The molecule has 3 nitrogen and oxygen atoms in total. The molecule has 23 heavy (non-hydrogen) atoms. The molecule has 3 heteroatoms. The Balaban J connectivity index is 1.83. The van der Waals surface area contributed by atoms with Crippen LogP contribution in [0.15, 0.2) is 60.7 Å². The van der Waals surface area contributed by atoms with Crippen LogP contribution < -0.4 is 4.74 Å². The lowest BCUT2D eigenvalue weighted by atomic mass is 10.2. The van der Waals surface area contributed by atoms with Gasteiger partial charge >= 0.3 is 5.97 Å². The molecule has 0 aliphatic rings. The lowest BCUT2D eigenvalue weighted by Gasteiger charge is -2.06. The third-order valence-corrected chi connectivity index (χ3v) is 3.10. The highest BCUT2D eigenvalue weighted by Gasteiger charge is 2.00. The van der Waals surface area contributed by atoms with E-state index >= 15 is 0 Å². The molecule has 0 saturated heterocycles. The van der Waals surface area contributed by atoms with Gasteiger partial charge in [0.1, 0.15) is 12.4 Å². The van der Waals surface area contributed by atoms with Gasteiger partial charge in [-0.3, -0.25) is 0 Å². The Bertz CT molecular complexity index is 628. The summed E-state index contributed by atoms with van der Waals surface area (Å²) in [6, 6.07) is 17.6. The molecule has 0 amide bonds. The van der Waals surface area contributed by atoms with E-state index in [-0.39, 0.29) is 5.97 Å². The maximum atomic E-state index is 11.5. The van der Waals surface area contributed by atoms with Gasteiger partial charge in [-0.15, -0.1) is 0 Å². The summed E-state index contributed by atoms with van der Waals surface area (Å²) in [5.74, 6) is 0.824. The summed E-state index contributed by atoms with van der Waals surface area (Å²) in [4.78, 5) is 11.5. The number of hydrogen-bond acceptors (Lipinski definition) is 3. The summed E-state index contributed by atoms with van der Waals surface area (Å²) in [7, 11) is 0. The Morgan fingerprint density at radius 2 is 1.74 bits per heavy atom. The lowest BCUT2D eigenvalue weighted by Crippen LogP contribution is -2.06. The van der Waals surface area contributed by atoms with Gasteiger partial charge in [0.2, 0.25) is 0 Å². The molecule has 0 bridgehead atoms. The molecule has 0 N–H and O–H groups in total. The summed E-state index contributed by atoms with van der Waals surface area (Å²) < 4.78 is 10.8. The van der Waals surface area contributed by atoms with Crippen LogP contribution in [0, 0.1) is 5.92 Å². The number of rotatable bonds is 7. The first-order chi connectivity index (χ1) is 11.1. The molecule has 0 saturated carbocycles. The minimum Gasteiger partial charge on any atom is -0.489 e. The minimum atomic E-state index is -0.317. The molecular weight excluding hydrogens is 288 g/mol. The molecule has 0 heterocycles. The van der Waals surface area contributed by atoms with Crippen molar-refractivity contribution in [2.24, 2.45) is 5.92 Å². The second-order valence-corrected chi connectivity index (χ2v) is 5.70. The average molecular weight is 310 g/mol. The zero-order valence-corrected chi connectivity index (χ0v) is 13.6. The fourth-order valence-corrected chi connectivity index (χ4v) is 1.88. The van der Waals surface area contributed by atoms with E-state index in [0.717, 1.165) is 16.9 Å². The van der Waals surface area contributed by atoms with Gasteiger partial charge in [0.25, 0.3) is 0 Å². The summed E-state index contributed by atoms with van der Waals surface area (Å²) in [5, 5.41) is 0. The first kappa shape index (κ1) is 16.8. The first-order valence-electron chi connectivity index (χ1n) is 7.75. The smallest absolute Gasteiger partial charge is 0.330 e. The van der Waals surface area contributed by atoms with Gasteiger partial charge in [0.15, 0.2) is 0 Å². The molecule has 0 unspecified atom stereocenters. The van der Waals surface area contributed by atoms with Crippen LogP contribution in [0.3, 0.4) is 0 Å². The maximum Gasteiger partial charge on any atom is 0.330 e. The van der Waals surface area contributed by atoms with E-state index in [0.29, 0.717) is 19.1 Å². The van der Waals surface area contributed by atoms with E-state index in [1.54, 1.807) is 6.08 Å². The van der Waals surface area contributed by atoms with E-state index in [9.17, 15) is 4.79 Å². The van der Waals surface area contributed by atoms with Crippen molar-refractivity contribution in [2.45, 2.75) is 20.5 Å². The Labute approximate surface area is 137 Å². The fraction of sp³-hybridized carbons (Fsp3) is 0.250. The average Bonchev–Trinajstić information content (AvgIpc) is 2.58. The first-order valence-corrected chi connectivity index (χ1v) is 7.75. The van der Waals surface area contributed by atoms with Crippen molar-refractivity contribution >= 4 is 12.0 Å². The maximum absolute atomic E-state index is 11.5. The second kappa shape index (κ2) is 8.79. The number of carbonyl (C=O) groups is 1. The van der Waals surface area contributed by atoms with Crippen molar-refractivity contribution in [3.63, 3.8) is 0 Å². The highest BCUT2D eigenvalue weighted by Crippen LogP contribution is 2.15. The molecule has 0 fully saturated rings. The van der Waals surface area contributed by atoms with E-state index in [4.69, 9.17) is 9.47 Å². The van der Waals surface area contributed by atoms with Crippen LogP contribution in [-0.4, -0.2) is 12.6 Å². The van der Waals surface area contributed by atoms with E-state index in [1.165, 1.54) is 6.08 Å². The van der Waals surface area contributed by atoms with Crippen LogP contribution in [0.1, 0.15) is 25.0 Å². The highest BCUT2D eigenvalue weighted by atomic mass is 16.5. The van der Waals surface area contributed by atoms with Crippen LogP contribution in [0.2, 0.25) is 0 Å². The molecule has 0 spiro atoms. The number of esters is 1. The normalized spacial score (nSPS) is 10.9. The van der Waals surface area contributed by atoms with Gasteiger partial charge in [-0.2, -0.15) is 0 Å². The monoisotopic (exact) mass is 310 g/mol. The van der Waals surface area contributed by atoms with Gasteiger partial charge in [0, 0.05) is 6.08 Å². The van der Waals surface area contributed by atoms with Gasteiger partial charge in [-0.25, -0.2) is 4.79 Å². The molecule has 2 rings (SSSR count). The van der Waals surface area contributed by atoms with Gasteiger partial charge < -0.3 is 9.47 Å². The molecule has 0 aliphatic carbocycles. The Morgan fingerprint density at radius 3 is 2.39 bits per heavy atom. The zero-order valence-electron chi connectivity index (χ0n) is 13.6. The predicted octanol–water partition coefficient (Wildman–Crippen LogP) is 4.48. The molecular formula is C20H22O3. The minimum absolute atomic E-state index is 0.317. The van der Waals surface area contributed by atoms with Gasteiger partial charge in [-0.05, 0) is 35.3 Å². The van der Waals surface area contributed by atoms with Crippen molar-refractivity contribution in [1.29, 1.82) is 0 Å². The quantitative estimate of drug-likeness (QED) is 0.559. The zero-order chi connectivity index (χ0) is 16.5. The summed E-state index contributed by atoms with van der Waals surface area (Å²) in [5.41, 5.74) is 2.06. The topological polar surface area (TPSA) is 35.5 Å². The van der Waals surface area contributed by atoms with Crippen LogP contribution >= 0.6 is 0 Å². The second-order valence-electron chi connectivity index (χ2n) is 5.70. The van der Waals surface area contributed by atoms with Crippen LogP contribution in [0.25, 0.3) is 6.08 Å². The SMILES string of the molecule is CC(C)COC(=O)/C=C\c1ccc(OCc2ccccc2)cc1. The van der Waals surface area contributed by atoms with Crippen molar-refractivity contribution in [2.75, 3.05) is 6.61 Å². The number of carbonyl (C=O) groups excluding carboxylic acids is 1. The number of ether oxygens (including phenoxy) is 2. The summed E-state index contributed by atoms with van der Waals surface area (Å²) >= 11 is 0. The Morgan fingerprint density at radius 1 is 1.04 bits per heavy atom. The van der Waals surface area contributed by atoms with Gasteiger partial charge in [-0.1, -0.05) is 56.3 Å². The molecule has 120 valence electrons. The standard InChI is InChI=1S/C20H22O3/c1-16(2)14-23-20(21)13-10-17-8-11-19(12-9-17)22-15-18-6-4-3-5-7-18/h3-13,16H,14-15H2,1-2H3/b13-10-. The molecule has 0 radical (unpaired) electrons. The Hall–Kier alpha value is -2.55. The largest absolute Gasteiger partial charge is 0.489 e. The number of hydrogen-bond donors (Lipinski definition) is 0. The van der Waals surface area contributed by atoms with Crippen LogP contribution in [0.5, 0.6) is 5.75 Å². The van der Waals surface area contributed by atoms with E-state index in [2.05, 4.69) is 0 Å². The molecule has 2 aromatic carbocycles. The lowest BCUT2D eigenvalue weighted by molar-refractivity contribution is -0.138. The van der Waals surface area contributed by atoms with E-state index in [1.807, 2.05) is 68.4 Å². The number of benzene rings is 2. The summed E-state index contributed by atoms with van der Waals surface area (Å²) in [6.07, 6.45) is 3.19. The van der Waals surface area contributed by atoms with Crippen LogP contribution in [0.4, 0.5) is 0 Å². The predicted molar refractivity (Wildman–Crippen MR) is 92.0 cm³/mol. The molecule has 0 aromatic heterocycles. The highest BCUT2D eigenvalue weighted by molar-refractivity contribution is 5.87. The van der Waals surface area contributed by atoms with Crippen molar-refractivity contribution in [3.8, 4) is 5.75 Å². The van der Waals surface area contributed by atoms with Crippen molar-refractivity contribution in [3.05, 3.63) is 71.8 Å². The third kappa shape index (κ3) is 6.39. The fourth-order valence-electron chi connectivity index (χ4n) is 1.88. The molecule has 0 atom stereocenters. The van der Waals surface area contributed by atoms with Crippen LogP contribution in [-0.2, 0) is 16.1 Å². The summed E-state index contributed by atoms with van der Waals surface area (Å²) in [6.45, 7) is 4.99. The van der Waals surface area contributed by atoms with Gasteiger partial charge in [0.05, 0.1) is 6.61 Å². The molecule has 2 aromatic rings. The van der Waals surface area contributed by atoms with Crippen molar-refractivity contribution < 1.29 is 14.3 Å². The van der Waals surface area contributed by atoms with Crippen molar-refractivity contribution in [1.82, 2.24) is 0 Å². The Kier molecular flexibility index (Phi) is 6.42. The molecule has 0 aliphatic heterocycles.